The fourth-order valence-corrected chi connectivity index (χ4v) is 3.55. The molecule has 1 radical (unpaired) electrons. The highest BCUT2D eigenvalue weighted by molar-refractivity contribution is 7.55. The summed E-state index contributed by atoms with van der Waals surface area (Å²) in [6.45, 7) is 8.76. The van der Waals surface area contributed by atoms with E-state index in [4.69, 9.17) is 0 Å². The zero-order valence-corrected chi connectivity index (χ0v) is 11.5. The Bertz CT molecular complexity index is 293. The lowest BCUT2D eigenvalue weighted by molar-refractivity contribution is -0.289. The van der Waals surface area contributed by atoms with Crippen LogP contribution in [0.1, 0.15) is 40.5 Å². The van der Waals surface area contributed by atoms with Crippen molar-refractivity contribution in [3.63, 3.8) is 0 Å². The molecule has 0 amide bonds. The normalized spacial score (nSPS) is 29.9. The second-order valence-corrected chi connectivity index (χ2v) is 8.05. The molecule has 0 aromatic rings. The van der Waals surface area contributed by atoms with Crippen LogP contribution in [0.4, 0.5) is 0 Å². The maximum Gasteiger partial charge on any atom is 0.264 e. The van der Waals surface area contributed by atoms with E-state index in [1.54, 1.807) is 0 Å². The third-order valence-corrected chi connectivity index (χ3v) is 3.86. The molecule has 0 aromatic heterocycles. The largest absolute Gasteiger partial charge is 0.333 e. The van der Waals surface area contributed by atoms with Crippen LogP contribution in [0.3, 0.4) is 0 Å². The van der Waals surface area contributed by atoms with E-state index in [1.165, 1.54) is 6.66 Å². The summed E-state index contributed by atoms with van der Waals surface area (Å²) >= 11 is 0. The van der Waals surface area contributed by atoms with Gasteiger partial charge in [-0.15, -0.1) is 10.3 Å². The molecule has 16 heavy (non-hydrogen) atoms. The lowest BCUT2D eigenvalue weighted by Crippen LogP contribution is -2.61. The van der Waals surface area contributed by atoms with E-state index in [2.05, 4.69) is 5.09 Å². The maximum absolute atomic E-state index is 12.0. The molecule has 0 aliphatic carbocycles. The van der Waals surface area contributed by atoms with Crippen LogP contribution in [0.15, 0.2) is 0 Å². The van der Waals surface area contributed by atoms with Crippen LogP contribution in [-0.2, 0) is 9.77 Å². The van der Waals surface area contributed by atoms with Gasteiger partial charge in [0.25, 0.3) is 7.52 Å². The summed E-state index contributed by atoms with van der Waals surface area (Å²) in [7, 11) is -3.24. The number of nitrogens with one attached hydrogen (secondary N) is 1. The van der Waals surface area contributed by atoms with Gasteiger partial charge >= 0.3 is 0 Å². The molecule has 95 valence electrons. The minimum absolute atomic E-state index is 0.0870. The van der Waals surface area contributed by atoms with E-state index in [-0.39, 0.29) is 6.04 Å². The van der Waals surface area contributed by atoms with E-state index in [0.29, 0.717) is 12.8 Å². The molecule has 0 spiro atoms. The van der Waals surface area contributed by atoms with Gasteiger partial charge < -0.3 is 4.89 Å². The summed E-state index contributed by atoms with van der Waals surface area (Å²) < 4.78 is 11.3. The number of hydrogen-bond acceptors (Lipinski definition) is 2. The Morgan fingerprint density at radius 2 is 1.62 bits per heavy atom. The van der Waals surface area contributed by atoms with Crippen LogP contribution in [-0.4, -0.2) is 33.7 Å². The minimum atomic E-state index is -3.24. The molecule has 5 nitrogen and oxygen atoms in total. The van der Waals surface area contributed by atoms with E-state index >= 15 is 0 Å². The van der Waals surface area contributed by atoms with Gasteiger partial charge in [-0.05, 0) is 40.5 Å². The van der Waals surface area contributed by atoms with Crippen molar-refractivity contribution in [2.24, 2.45) is 0 Å². The highest BCUT2D eigenvalue weighted by Gasteiger charge is 2.46. The molecule has 6 heteroatoms. The third-order valence-electron chi connectivity index (χ3n) is 3.01. The first kappa shape index (κ1) is 14.1. The molecular formula is C10H22N2O3P. The highest BCUT2D eigenvalue weighted by atomic mass is 31.2. The molecule has 1 unspecified atom stereocenters. The van der Waals surface area contributed by atoms with Gasteiger partial charge in [0, 0.05) is 23.8 Å². The monoisotopic (exact) mass is 249 g/mol. The minimum Gasteiger partial charge on any atom is -0.333 e. The summed E-state index contributed by atoms with van der Waals surface area (Å²) in [5, 5.41) is 15.9. The Labute approximate surface area is 97.3 Å². The topological polar surface area (TPSA) is 72.5 Å². The van der Waals surface area contributed by atoms with Crippen molar-refractivity contribution in [2.45, 2.75) is 57.7 Å². The Hall–Kier alpha value is 0.0700. The maximum atomic E-state index is 12.0. The molecule has 1 heterocycles. The lowest BCUT2D eigenvalue weighted by atomic mass is 9.79. The van der Waals surface area contributed by atoms with Crippen molar-refractivity contribution < 1.29 is 14.7 Å². The SMILES string of the molecule is CC1(C)CC(NP(C)(=O)O)CC(C)(C)N1[O]. The molecule has 1 atom stereocenters. The average molecular weight is 249 g/mol. The lowest BCUT2D eigenvalue weighted by Gasteiger charge is -2.50. The van der Waals surface area contributed by atoms with E-state index in [1.807, 2.05) is 27.7 Å². The molecule has 0 saturated carbocycles. The third kappa shape index (κ3) is 3.28. The van der Waals surface area contributed by atoms with Crippen molar-refractivity contribution in [1.82, 2.24) is 10.2 Å². The van der Waals surface area contributed by atoms with Crippen LogP contribution in [0.5, 0.6) is 0 Å². The van der Waals surface area contributed by atoms with E-state index < -0.39 is 18.6 Å². The fourth-order valence-electron chi connectivity index (χ4n) is 2.69. The summed E-state index contributed by atoms with van der Waals surface area (Å²) in [6.07, 6.45) is 1.16. The second kappa shape index (κ2) is 4.07. The number of piperidine rings is 1. The van der Waals surface area contributed by atoms with Gasteiger partial charge in [-0.3, -0.25) is 4.57 Å². The molecule has 0 bridgehead atoms. The average Bonchev–Trinajstić information content (AvgIpc) is 1.95. The number of hydroxylamine groups is 2. The van der Waals surface area contributed by atoms with Crippen LogP contribution >= 0.6 is 7.52 Å². The molecule has 1 aliphatic heterocycles. The smallest absolute Gasteiger partial charge is 0.264 e. The quantitative estimate of drug-likeness (QED) is 0.731. The van der Waals surface area contributed by atoms with Gasteiger partial charge in [0.15, 0.2) is 0 Å². The van der Waals surface area contributed by atoms with Gasteiger partial charge in [0.05, 0.1) is 0 Å². The van der Waals surface area contributed by atoms with Gasteiger partial charge in [-0.1, -0.05) is 0 Å². The first-order valence-corrected chi connectivity index (χ1v) is 7.60. The van der Waals surface area contributed by atoms with Crippen molar-refractivity contribution in [1.29, 1.82) is 0 Å². The van der Waals surface area contributed by atoms with Crippen molar-refractivity contribution in [2.75, 3.05) is 6.66 Å². The Kier molecular flexibility index (Phi) is 3.60. The van der Waals surface area contributed by atoms with E-state index in [0.717, 1.165) is 5.06 Å². The Balaban J connectivity index is 2.83. The van der Waals surface area contributed by atoms with Gasteiger partial charge in [0.1, 0.15) is 0 Å². The van der Waals surface area contributed by atoms with Crippen molar-refractivity contribution in [3.8, 4) is 0 Å². The molecule has 1 aliphatic rings. The first-order valence-electron chi connectivity index (χ1n) is 5.50. The van der Waals surface area contributed by atoms with Crippen LogP contribution in [0.25, 0.3) is 0 Å². The predicted molar refractivity (Wildman–Crippen MR) is 62.6 cm³/mol. The van der Waals surface area contributed by atoms with Gasteiger partial charge in [0.2, 0.25) is 0 Å². The van der Waals surface area contributed by atoms with Crippen LogP contribution in [0.2, 0.25) is 0 Å². The molecule has 1 fully saturated rings. The van der Waals surface area contributed by atoms with Crippen molar-refractivity contribution >= 4 is 7.52 Å². The predicted octanol–water partition coefficient (Wildman–Crippen LogP) is 1.76. The second-order valence-electron chi connectivity index (χ2n) is 6.03. The van der Waals surface area contributed by atoms with E-state index in [9.17, 15) is 14.7 Å². The van der Waals surface area contributed by atoms with Crippen molar-refractivity contribution in [3.05, 3.63) is 0 Å². The Morgan fingerprint density at radius 1 is 1.25 bits per heavy atom. The number of nitrogens with zero attached hydrogens (tertiary/aromatic N) is 1. The highest BCUT2D eigenvalue weighted by Crippen LogP contribution is 2.40. The molecule has 1 rings (SSSR count). The zero-order valence-electron chi connectivity index (χ0n) is 10.6. The number of rotatable bonds is 2. The summed E-state index contributed by atoms with van der Waals surface area (Å²) in [5.41, 5.74) is -1.01. The van der Waals surface area contributed by atoms with Gasteiger partial charge in [-0.2, -0.15) is 0 Å². The molecule has 1 saturated heterocycles. The van der Waals surface area contributed by atoms with Crippen LogP contribution in [0, 0.1) is 0 Å². The van der Waals surface area contributed by atoms with Crippen LogP contribution < -0.4 is 5.09 Å². The fraction of sp³-hybridized carbons (Fsp3) is 1.00. The number of hydrogen-bond donors (Lipinski definition) is 2. The zero-order chi connectivity index (χ0) is 12.8. The summed E-state index contributed by atoms with van der Waals surface area (Å²) in [4.78, 5) is 9.33. The molecule has 2 N–H and O–H groups in total. The molecule has 0 aromatic carbocycles. The molecular weight excluding hydrogens is 227 g/mol. The Morgan fingerprint density at radius 3 is 1.94 bits per heavy atom. The first-order chi connectivity index (χ1) is 6.94. The van der Waals surface area contributed by atoms with Gasteiger partial charge in [-0.25, -0.2) is 5.09 Å². The standard InChI is InChI=1S/C10H22N2O3P/c1-9(2)6-8(11-16(5,14)15)7-10(3,4)12(9)13/h8H,6-7H2,1-5H3,(H2,11,14,15). The summed E-state index contributed by atoms with van der Waals surface area (Å²) in [6, 6.07) is -0.0870. The summed E-state index contributed by atoms with van der Waals surface area (Å²) in [5.74, 6) is 0.